The fourth-order valence-electron chi connectivity index (χ4n) is 2.68. The van der Waals surface area contributed by atoms with E-state index in [4.69, 9.17) is 11.6 Å². The predicted molar refractivity (Wildman–Crippen MR) is 76.1 cm³/mol. The number of hydrogen-bond acceptors (Lipinski definition) is 1. The molecule has 1 aliphatic rings. The first-order valence-electron chi connectivity index (χ1n) is 6.51. The topological polar surface area (TPSA) is 17.1 Å². The number of carbonyl (C=O) groups is 1. The molecule has 1 aromatic carbocycles. The van der Waals surface area contributed by atoms with Gasteiger partial charge in [-0.15, -0.1) is 6.58 Å². The summed E-state index contributed by atoms with van der Waals surface area (Å²) in [5.74, 6) is 0. The molecule has 0 bridgehead atoms. The summed E-state index contributed by atoms with van der Waals surface area (Å²) in [5.41, 5.74) is 3.18. The molecule has 2 rings (SSSR count). The largest absolute Gasteiger partial charge is 0.280 e. The summed E-state index contributed by atoms with van der Waals surface area (Å²) < 4.78 is 0. The second kappa shape index (κ2) is 5.27. The van der Waals surface area contributed by atoms with E-state index < -0.39 is 5.41 Å². The summed E-state index contributed by atoms with van der Waals surface area (Å²) in [6, 6.07) is 6.37. The molecule has 96 valence electrons. The van der Waals surface area contributed by atoms with E-state index in [1.54, 1.807) is 6.08 Å². The van der Waals surface area contributed by atoms with Gasteiger partial charge in [0.2, 0.25) is 5.24 Å². The molecule has 1 aromatic rings. The Morgan fingerprint density at radius 2 is 2.06 bits per heavy atom. The van der Waals surface area contributed by atoms with Crippen LogP contribution in [0.4, 0.5) is 0 Å². The van der Waals surface area contributed by atoms with Gasteiger partial charge in [-0.1, -0.05) is 24.3 Å². The number of rotatable bonds is 4. The first-order chi connectivity index (χ1) is 8.58. The average Bonchev–Trinajstić information content (AvgIpc) is 2.38. The maximum Gasteiger partial charge on any atom is 0.232 e. The summed E-state index contributed by atoms with van der Waals surface area (Å²) in [6.45, 7) is 5.63. The molecule has 18 heavy (non-hydrogen) atoms. The van der Waals surface area contributed by atoms with Crippen LogP contribution in [0.15, 0.2) is 30.9 Å². The van der Waals surface area contributed by atoms with E-state index >= 15 is 0 Å². The molecule has 0 amide bonds. The lowest BCUT2D eigenvalue weighted by Crippen LogP contribution is -2.28. The Kier molecular flexibility index (Phi) is 3.91. The Morgan fingerprint density at radius 3 is 2.67 bits per heavy atom. The molecule has 0 aliphatic heterocycles. The van der Waals surface area contributed by atoms with Crippen LogP contribution in [0.2, 0.25) is 0 Å². The highest BCUT2D eigenvalue weighted by atomic mass is 35.5. The summed E-state index contributed by atoms with van der Waals surface area (Å²) in [4.78, 5) is 11.7. The van der Waals surface area contributed by atoms with E-state index in [0.717, 1.165) is 18.4 Å². The first kappa shape index (κ1) is 13.4. The van der Waals surface area contributed by atoms with Gasteiger partial charge in [-0.3, -0.25) is 4.79 Å². The molecule has 0 saturated carbocycles. The van der Waals surface area contributed by atoms with Gasteiger partial charge in [-0.05, 0) is 67.3 Å². The highest BCUT2D eigenvalue weighted by molar-refractivity contribution is 6.65. The minimum Gasteiger partial charge on any atom is -0.280 e. The number of fused-ring (bicyclic) bond motifs is 1. The zero-order valence-corrected chi connectivity index (χ0v) is 11.6. The van der Waals surface area contributed by atoms with Gasteiger partial charge in [0.25, 0.3) is 0 Å². The Hall–Kier alpha value is -1.08. The minimum atomic E-state index is -0.643. The molecule has 0 spiro atoms. The van der Waals surface area contributed by atoms with Crippen LogP contribution in [0.3, 0.4) is 0 Å². The van der Waals surface area contributed by atoms with Crippen molar-refractivity contribution in [3.63, 3.8) is 0 Å². The molecule has 0 radical (unpaired) electrons. The van der Waals surface area contributed by atoms with Crippen LogP contribution < -0.4 is 0 Å². The second-order valence-electron chi connectivity index (χ2n) is 5.29. The molecule has 1 aliphatic carbocycles. The van der Waals surface area contributed by atoms with Crippen LogP contribution >= 0.6 is 11.6 Å². The number of halogens is 1. The van der Waals surface area contributed by atoms with Crippen molar-refractivity contribution in [2.45, 2.75) is 44.4 Å². The van der Waals surface area contributed by atoms with E-state index in [-0.39, 0.29) is 5.24 Å². The van der Waals surface area contributed by atoms with Gasteiger partial charge in [0.1, 0.15) is 0 Å². The standard InChI is InChI=1S/C16H19ClO/c1-3-10-16(2,15(17)18)14-9-8-12-6-4-5-7-13(12)11-14/h3,8-9,11H,1,4-7,10H2,2H3. The van der Waals surface area contributed by atoms with Crippen molar-refractivity contribution >= 4 is 16.8 Å². The summed E-state index contributed by atoms with van der Waals surface area (Å²) in [5, 5.41) is -0.307. The number of benzene rings is 1. The van der Waals surface area contributed by atoms with Gasteiger partial charge >= 0.3 is 0 Å². The monoisotopic (exact) mass is 262 g/mol. The highest BCUT2D eigenvalue weighted by Crippen LogP contribution is 2.33. The van der Waals surface area contributed by atoms with Crippen LogP contribution in [0.1, 0.15) is 42.9 Å². The molecule has 1 unspecified atom stereocenters. The van der Waals surface area contributed by atoms with Crippen molar-refractivity contribution in [1.82, 2.24) is 0 Å². The van der Waals surface area contributed by atoms with Crippen LogP contribution in [0.5, 0.6) is 0 Å². The zero-order valence-electron chi connectivity index (χ0n) is 10.8. The maximum atomic E-state index is 11.7. The molecule has 2 heteroatoms. The van der Waals surface area contributed by atoms with E-state index in [9.17, 15) is 4.79 Å². The fraction of sp³-hybridized carbons (Fsp3) is 0.438. The SMILES string of the molecule is C=CCC(C)(C(=O)Cl)c1ccc2c(c1)CCCC2. The molecule has 0 fully saturated rings. The number of carbonyl (C=O) groups excluding carboxylic acids is 1. The predicted octanol–water partition coefficient (Wildman–Crippen LogP) is 4.16. The lowest BCUT2D eigenvalue weighted by Gasteiger charge is -2.26. The van der Waals surface area contributed by atoms with E-state index in [2.05, 4.69) is 18.7 Å². The van der Waals surface area contributed by atoms with Gasteiger partial charge in [0.15, 0.2) is 0 Å². The van der Waals surface area contributed by atoms with Crippen LogP contribution in [0.25, 0.3) is 0 Å². The van der Waals surface area contributed by atoms with Gasteiger partial charge in [0, 0.05) is 0 Å². The van der Waals surface area contributed by atoms with E-state index in [1.807, 2.05) is 13.0 Å². The molecule has 1 atom stereocenters. The third kappa shape index (κ3) is 2.37. The molecule has 0 saturated heterocycles. The number of aryl methyl sites for hydroxylation is 2. The van der Waals surface area contributed by atoms with Crippen LogP contribution in [-0.2, 0) is 23.1 Å². The molecular formula is C16H19ClO. The minimum absolute atomic E-state index is 0.307. The van der Waals surface area contributed by atoms with Crippen molar-refractivity contribution in [2.75, 3.05) is 0 Å². The van der Waals surface area contributed by atoms with Gasteiger partial charge < -0.3 is 0 Å². The van der Waals surface area contributed by atoms with Gasteiger partial charge in [-0.2, -0.15) is 0 Å². The molecule has 0 aromatic heterocycles. The lowest BCUT2D eigenvalue weighted by molar-refractivity contribution is -0.116. The Bertz CT molecular complexity index is 478. The summed E-state index contributed by atoms with van der Waals surface area (Å²) >= 11 is 5.79. The highest BCUT2D eigenvalue weighted by Gasteiger charge is 2.33. The van der Waals surface area contributed by atoms with Crippen molar-refractivity contribution in [1.29, 1.82) is 0 Å². The average molecular weight is 263 g/mol. The van der Waals surface area contributed by atoms with Crippen molar-refractivity contribution < 1.29 is 4.79 Å². The van der Waals surface area contributed by atoms with Crippen molar-refractivity contribution in [2.24, 2.45) is 0 Å². The van der Waals surface area contributed by atoms with E-state index in [1.165, 1.54) is 24.0 Å². The van der Waals surface area contributed by atoms with E-state index in [0.29, 0.717) is 6.42 Å². The normalized spacial score (nSPS) is 17.7. The third-order valence-electron chi connectivity index (χ3n) is 3.97. The Morgan fingerprint density at radius 1 is 1.39 bits per heavy atom. The number of allylic oxidation sites excluding steroid dienone is 1. The Balaban J connectivity index is 2.42. The number of hydrogen-bond donors (Lipinski definition) is 0. The maximum absolute atomic E-state index is 11.7. The molecule has 0 heterocycles. The molecule has 0 N–H and O–H groups in total. The first-order valence-corrected chi connectivity index (χ1v) is 6.89. The molecular weight excluding hydrogens is 244 g/mol. The fourth-order valence-corrected chi connectivity index (χ4v) is 2.86. The lowest BCUT2D eigenvalue weighted by atomic mass is 9.78. The molecule has 1 nitrogen and oxygen atoms in total. The van der Waals surface area contributed by atoms with Crippen molar-refractivity contribution in [3.05, 3.63) is 47.5 Å². The smallest absolute Gasteiger partial charge is 0.232 e. The van der Waals surface area contributed by atoms with Crippen molar-refractivity contribution in [3.8, 4) is 0 Å². The third-order valence-corrected chi connectivity index (χ3v) is 4.39. The Labute approximate surface area is 114 Å². The summed E-state index contributed by atoms with van der Waals surface area (Å²) in [6.07, 6.45) is 7.12. The zero-order chi connectivity index (χ0) is 13.2. The van der Waals surface area contributed by atoms with Crippen LogP contribution in [0, 0.1) is 0 Å². The van der Waals surface area contributed by atoms with Gasteiger partial charge in [0.05, 0.1) is 5.41 Å². The quantitative estimate of drug-likeness (QED) is 0.588. The van der Waals surface area contributed by atoms with Gasteiger partial charge in [-0.25, -0.2) is 0 Å². The summed E-state index contributed by atoms with van der Waals surface area (Å²) in [7, 11) is 0. The second-order valence-corrected chi connectivity index (χ2v) is 5.63. The van der Waals surface area contributed by atoms with Crippen LogP contribution in [-0.4, -0.2) is 5.24 Å².